The van der Waals surface area contributed by atoms with Crippen LogP contribution in [-0.2, 0) is 0 Å². The lowest BCUT2D eigenvalue weighted by Crippen LogP contribution is -2.18. The van der Waals surface area contributed by atoms with Crippen LogP contribution in [0, 0.1) is 0 Å². The Balaban J connectivity index is 2.02. The van der Waals surface area contributed by atoms with Crippen LogP contribution >= 0.6 is 11.8 Å². The Morgan fingerprint density at radius 3 is 3.12 bits per heavy atom. The Hall–Kier alpha value is -0.970. The molecule has 17 heavy (non-hydrogen) atoms. The molecule has 0 radical (unpaired) electrons. The maximum absolute atomic E-state index is 11.5. The number of hydrogen-bond acceptors (Lipinski definition) is 4. The van der Waals surface area contributed by atoms with Gasteiger partial charge >= 0.3 is 0 Å². The monoisotopic (exact) mass is 253 g/mol. The van der Waals surface area contributed by atoms with Gasteiger partial charge in [-0.15, -0.1) is 0 Å². The van der Waals surface area contributed by atoms with E-state index in [9.17, 15) is 4.79 Å². The first-order valence-electron chi connectivity index (χ1n) is 6.12. The highest BCUT2D eigenvalue weighted by Gasteiger charge is 2.15. The van der Waals surface area contributed by atoms with Crippen LogP contribution in [0.1, 0.15) is 38.4 Å². The predicted octanol–water partition coefficient (Wildman–Crippen LogP) is 2.20. The maximum Gasteiger partial charge on any atom is 0.252 e. The highest BCUT2D eigenvalue weighted by molar-refractivity contribution is 8.00. The van der Waals surface area contributed by atoms with Crippen molar-refractivity contribution in [2.24, 2.45) is 0 Å². The van der Waals surface area contributed by atoms with Gasteiger partial charge in [0, 0.05) is 23.8 Å². The van der Waals surface area contributed by atoms with E-state index in [-0.39, 0.29) is 11.5 Å². The summed E-state index contributed by atoms with van der Waals surface area (Å²) in [6, 6.07) is 1.53. The molecule has 4 nitrogen and oxygen atoms in total. The molecule has 2 heterocycles. The second-order valence-electron chi connectivity index (χ2n) is 4.69. The molecule has 1 atom stereocenters. The normalized spacial score (nSPS) is 19.8. The molecule has 0 amide bonds. The van der Waals surface area contributed by atoms with Crippen molar-refractivity contribution in [2.45, 2.75) is 37.9 Å². The predicted molar refractivity (Wildman–Crippen MR) is 72.9 cm³/mol. The van der Waals surface area contributed by atoms with Crippen molar-refractivity contribution in [1.29, 1.82) is 0 Å². The Morgan fingerprint density at radius 2 is 2.47 bits per heavy atom. The van der Waals surface area contributed by atoms with Gasteiger partial charge in [-0.25, -0.2) is 4.98 Å². The SMILES string of the molecule is CC(C)c1nc(NCC2CCCS2)cc(=O)[nH]1. The molecule has 1 aromatic rings. The average Bonchev–Trinajstić information content (AvgIpc) is 2.78. The number of rotatable bonds is 4. The lowest BCUT2D eigenvalue weighted by atomic mass is 10.2. The molecule has 1 saturated heterocycles. The van der Waals surface area contributed by atoms with Crippen molar-refractivity contribution in [3.63, 3.8) is 0 Å². The first kappa shape index (κ1) is 12.5. The third-order valence-electron chi connectivity index (χ3n) is 2.84. The van der Waals surface area contributed by atoms with Gasteiger partial charge in [0.2, 0.25) is 0 Å². The van der Waals surface area contributed by atoms with E-state index in [1.165, 1.54) is 24.7 Å². The number of hydrogen-bond donors (Lipinski definition) is 2. The van der Waals surface area contributed by atoms with Gasteiger partial charge in [-0.1, -0.05) is 13.8 Å². The van der Waals surface area contributed by atoms with E-state index in [2.05, 4.69) is 15.3 Å². The number of aromatic amines is 1. The first-order valence-corrected chi connectivity index (χ1v) is 7.17. The lowest BCUT2D eigenvalue weighted by molar-refractivity contribution is 0.762. The molecular weight excluding hydrogens is 234 g/mol. The molecule has 0 aliphatic carbocycles. The van der Waals surface area contributed by atoms with E-state index in [1.54, 1.807) is 0 Å². The molecule has 0 saturated carbocycles. The summed E-state index contributed by atoms with van der Waals surface area (Å²) in [4.78, 5) is 18.7. The van der Waals surface area contributed by atoms with E-state index < -0.39 is 0 Å². The molecule has 0 aromatic carbocycles. The summed E-state index contributed by atoms with van der Waals surface area (Å²) >= 11 is 2.00. The van der Waals surface area contributed by atoms with Crippen LogP contribution in [0.15, 0.2) is 10.9 Å². The smallest absolute Gasteiger partial charge is 0.252 e. The molecule has 1 aliphatic heterocycles. The molecule has 0 bridgehead atoms. The van der Waals surface area contributed by atoms with Crippen LogP contribution in [0.5, 0.6) is 0 Å². The summed E-state index contributed by atoms with van der Waals surface area (Å²) in [5, 5.41) is 3.94. The lowest BCUT2D eigenvalue weighted by Gasteiger charge is -2.12. The Bertz CT molecular complexity index is 424. The summed E-state index contributed by atoms with van der Waals surface area (Å²) < 4.78 is 0. The molecule has 1 unspecified atom stereocenters. The van der Waals surface area contributed by atoms with Gasteiger partial charge in [0.1, 0.15) is 11.6 Å². The zero-order chi connectivity index (χ0) is 12.3. The molecule has 94 valence electrons. The standard InChI is InChI=1S/C12H19N3OS/c1-8(2)12-14-10(6-11(16)15-12)13-7-9-4-3-5-17-9/h6,8-9H,3-5,7H2,1-2H3,(H2,13,14,15,16). The highest BCUT2D eigenvalue weighted by atomic mass is 32.2. The van der Waals surface area contributed by atoms with E-state index >= 15 is 0 Å². The van der Waals surface area contributed by atoms with E-state index in [1.807, 2.05) is 25.6 Å². The van der Waals surface area contributed by atoms with Crippen molar-refractivity contribution in [1.82, 2.24) is 9.97 Å². The number of aromatic nitrogens is 2. The number of nitrogens with zero attached hydrogens (tertiary/aromatic N) is 1. The Kier molecular flexibility index (Phi) is 4.10. The van der Waals surface area contributed by atoms with Gasteiger partial charge in [0.15, 0.2) is 0 Å². The van der Waals surface area contributed by atoms with E-state index in [4.69, 9.17) is 0 Å². The molecule has 1 aromatic heterocycles. The van der Waals surface area contributed by atoms with Crippen LogP contribution in [0.25, 0.3) is 0 Å². The topological polar surface area (TPSA) is 57.8 Å². The number of nitrogens with one attached hydrogen (secondary N) is 2. The molecule has 1 fully saturated rings. The zero-order valence-corrected chi connectivity index (χ0v) is 11.1. The van der Waals surface area contributed by atoms with Gasteiger partial charge < -0.3 is 10.3 Å². The molecule has 1 aliphatic rings. The quantitative estimate of drug-likeness (QED) is 0.863. The van der Waals surface area contributed by atoms with Gasteiger partial charge in [0.05, 0.1) is 0 Å². The molecular formula is C12H19N3OS. The van der Waals surface area contributed by atoms with Crippen molar-refractivity contribution in [2.75, 3.05) is 17.6 Å². The first-order chi connectivity index (χ1) is 8.15. The largest absolute Gasteiger partial charge is 0.369 e. The fraction of sp³-hybridized carbons (Fsp3) is 0.667. The Morgan fingerprint density at radius 1 is 1.65 bits per heavy atom. The minimum Gasteiger partial charge on any atom is -0.369 e. The average molecular weight is 253 g/mol. The van der Waals surface area contributed by atoms with Crippen LogP contribution in [-0.4, -0.2) is 27.5 Å². The number of H-pyrrole nitrogens is 1. The second kappa shape index (κ2) is 5.58. The van der Waals surface area contributed by atoms with E-state index in [0.29, 0.717) is 11.1 Å². The second-order valence-corrected chi connectivity index (χ2v) is 6.09. The van der Waals surface area contributed by atoms with Crippen molar-refractivity contribution in [3.05, 3.63) is 22.2 Å². The van der Waals surface area contributed by atoms with Crippen LogP contribution in [0.2, 0.25) is 0 Å². The minimum absolute atomic E-state index is 0.0784. The van der Waals surface area contributed by atoms with Gasteiger partial charge in [-0.05, 0) is 18.6 Å². The zero-order valence-electron chi connectivity index (χ0n) is 10.3. The third kappa shape index (κ3) is 3.49. The van der Waals surface area contributed by atoms with Gasteiger partial charge in [0.25, 0.3) is 5.56 Å². The van der Waals surface area contributed by atoms with E-state index in [0.717, 1.165) is 12.4 Å². The summed E-state index contributed by atoms with van der Waals surface area (Å²) in [7, 11) is 0. The van der Waals surface area contributed by atoms with Crippen molar-refractivity contribution >= 4 is 17.6 Å². The summed E-state index contributed by atoms with van der Waals surface area (Å²) in [6.45, 7) is 4.95. The molecule has 5 heteroatoms. The summed E-state index contributed by atoms with van der Waals surface area (Å²) in [5.74, 6) is 2.95. The fourth-order valence-corrected chi connectivity index (χ4v) is 3.07. The van der Waals surface area contributed by atoms with Gasteiger partial charge in [-0.2, -0.15) is 11.8 Å². The molecule has 2 N–H and O–H groups in total. The molecule has 2 rings (SSSR count). The summed E-state index contributed by atoms with van der Waals surface area (Å²) in [6.07, 6.45) is 2.56. The highest BCUT2D eigenvalue weighted by Crippen LogP contribution is 2.26. The molecule has 0 spiro atoms. The fourth-order valence-electron chi connectivity index (χ4n) is 1.86. The maximum atomic E-state index is 11.5. The van der Waals surface area contributed by atoms with Crippen molar-refractivity contribution in [3.8, 4) is 0 Å². The van der Waals surface area contributed by atoms with Crippen molar-refractivity contribution < 1.29 is 0 Å². The van der Waals surface area contributed by atoms with Crippen LogP contribution in [0.3, 0.4) is 0 Å². The van der Waals surface area contributed by atoms with Gasteiger partial charge in [-0.3, -0.25) is 4.79 Å². The summed E-state index contributed by atoms with van der Waals surface area (Å²) in [5.41, 5.74) is -0.0784. The number of anilines is 1. The number of thioether (sulfide) groups is 1. The third-order valence-corrected chi connectivity index (χ3v) is 4.24. The van der Waals surface area contributed by atoms with Crippen LogP contribution in [0.4, 0.5) is 5.82 Å². The Labute approximate surface area is 106 Å². The minimum atomic E-state index is -0.0784. The van der Waals surface area contributed by atoms with Crippen LogP contribution < -0.4 is 10.9 Å².